The van der Waals surface area contributed by atoms with E-state index in [1.807, 2.05) is 6.07 Å². The molecule has 5 nitrogen and oxygen atoms in total. The lowest BCUT2D eigenvalue weighted by atomic mass is 9.93. The maximum absolute atomic E-state index is 10.9. The van der Waals surface area contributed by atoms with Crippen molar-refractivity contribution in [3.8, 4) is 17.3 Å². The van der Waals surface area contributed by atoms with Crippen LogP contribution in [-0.4, -0.2) is 22.6 Å². The summed E-state index contributed by atoms with van der Waals surface area (Å²) < 4.78 is 0. The molecule has 0 saturated carbocycles. The molecule has 1 aromatic carbocycles. The number of benzene rings is 1. The predicted octanol–water partition coefficient (Wildman–Crippen LogP) is 2.79. The highest BCUT2D eigenvalue weighted by molar-refractivity contribution is 6.33. The van der Waals surface area contributed by atoms with E-state index in [0.717, 1.165) is 5.56 Å². The summed E-state index contributed by atoms with van der Waals surface area (Å²) in [5.74, 6) is -1.20. The number of hydrogen-bond donors (Lipinski definition) is 2. The van der Waals surface area contributed by atoms with Crippen molar-refractivity contribution in [1.29, 1.82) is 5.26 Å². The van der Waals surface area contributed by atoms with E-state index in [1.54, 1.807) is 36.4 Å². The van der Waals surface area contributed by atoms with Crippen LogP contribution >= 0.6 is 11.6 Å². The SMILES string of the molecule is N#Cc1cccc(-c2cc([C@H](CN)CC(=O)O)ccc2Cl)n1. The number of aliphatic carboxylic acids is 1. The molecule has 0 aliphatic heterocycles. The van der Waals surface area contributed by atoms with Crippen LogP contribution in [0.1, 0.15) is 23.6 Å². The van der Waals surface area contributed by atoms with E-state index in [2.05, 4.69) is 4.98 Å². The number of carboxylic acids is 1. The first-order chi connectivity index (χ1) is 10.5. The van der Waals surface area contributed by atoms with Crippen LogP contribution in [0.2, 0.25) is 5.02 Å². The number of hydrogen-bond acceptors (Lipinski definition) is 4. The minimum atomic E-state index is -0.906. The second kappa shape index (κ2) is 7.03. The highest BCUT2D eigenvalue weighted by Gasteiger charge is 2.16. The standard InChI is InChI=1S/C16H14ClN3O2/c17-14-5-4-10(11(8-18)7-16(21)22)6-13(14)15-3-1-2-12(9-19)20-15/h1-6,11H,7-8,18H2,(H,21,22)/t11-/m0/s1. The Bertz CT molecular complexity index is 740. The number of nitrogens with zero attached hydrogens (tertiary/aromatic N) is 2. The van der Waals surface area contributed by atoms with Crippen LogP contribution in [0, 0.1) is 11.3 Å². The fourth-order valence-electron chi connectivity index (χ4n) is 2.19. The number of nitriles is 1. The maximum atomic E-state index is 10.9. The van der Waals surface area contributed by atoms with Gasteiger partial charge in [-0.1, -0.05) is 23.7 Å². The summed E-state index contributed by atoms with van der Waals surface area (Å²) in [5.41, 5.74) is 7.97. The lowest BCUT2D eigenvalue weighted by Gasteiger charge is -2.15. The van der Waals surface area contributed by atoms with Crippen LogP contribution in [0.25, 0.3) is 11.3 Å². The van der Waals surface area contributed by atoms with Gasteiger partial charge in [0.1, 0.15) is 11.8 Å². The van der Waals surface area contributed by atoms with Crippen molar-refractivity contribution in [1.82, 2.24) is 4.98 Å². The fraction of sp³-hybridized carbons (Fsp3) is 0.188. The minimum Gasteiger partial charge on any atom is -0.481 e. The van der Waals surface area contributed by atoms with Crippen LogP contribution in [0.3, 0.4) is 0 Å². The van der Waals surface area contributed by atoms with E-state index in [-0.39, 0.29) is 18.9 Å². The van der Waals surface area contributed by atoms with E-state index in [0.29, 0.717) is 22.0 Å². The number of pyridine rings is 1. The Kier molecular flexibility index (Phi) is 5.10. The number of carbonyl (C=O) groups is 1. The molecular weight excluding hydrogens is 302 g/mol. The van der Waals surface area contributed by atoms with Gasteiger partial charge >= 0.3 is 5.97 Å². The summed E-state index contributed by atoms with van der Waals surface area (Å²) in [6.45, 7) is 0.221. The Morgan fingerprint density at radius 3 is 2.82 bits per heavy atom. The monoisotopic (exact) mass is 315 g/mol. The molecular formula is C16H14ClN3O2. The van der Waals surface area contributed by atoms with Gasteiger partial charge in [-0.25, -0.2) is 4.98 Å². The lowest BCUT2D eigenvalue weighted by molar-refractivity contribution is -0.137. The molecule has 0 saturated heterocycles. The summed E-state index contributed by atoms with van der Waals surface area (Å²) in [5, 5.41) is 18.4. The molecule has 0 unspecified atom stereocenters. The summed E-state index contributed by atoms with van der Waals surface area (Å²) in [7, 11) is 0. The molecule has 0 fully saturated rings. The normalized spacial score (nSPS) is 11.7. The average Bonchev–Trinajstić information content (AvgIpc) is 2.53. The average molecular weight is 316 g/mol. The third-order valence-electron chi connectivity index (χ3n) is 3.31. The molecule has 0 aliphatic rings. The molecule has 0 amide bonds. The molecule has 0 aliphatic carbocycles. The number of nitrogens with two attached hydrogens (primary N) is 1. The van der Waals surface area contributed by atoms with Crippen LogP contribution < -0.4 is 5.73 Å². The highest BCUT2D eigenvalue weighted by atomic mass is 35.5. The Labute approximate surface area is 133 Å². The van der Waals surface area contributed by atoms with Crippen LogP contribution in [0.5, 0.6) is 0 Å². The molecule has 22 heavy (non-hydrogen) atoms. The first-order valence-corrected chi connectivity index (χ1v) is 7.01. The topological polar surface area (TPSA) is 100 Å². The van der Waals surface area contributed by atoms with E-state index < -0.39 is 5.97 Å². The summed E-state index contributed by atoms with van der Waals surface area (Å²) >= 11 is 6.21. The van der Waals surface area contributed by atoms with E-state index in [4.69, 9.17) is 27.7 Å². The second-order valence-corrected chi connectivity index (χ2v) is 5.20. The Balaban J connectivity index is 2.46. The van der Waals surface area contributed by atoms with Gasteiger partial charge in [0, 0.05) is 16.5 Å². The second-order valence-electron chi connectivity index (χ2n) is 4.79. The first-order valence-electron chi connectivity index (χ1n) is 6.64. The van der Waals surface area contributed by atoms with Crippen molar-refractivity contribution in [2.75, 3.05) is 6.54 Å². The first kappa shape index (κ1) is 16.0. The molecule has 0 bridgehead atoms. The van der Waals surface area contributed by atoms with Gasteiger partial charge in [0.25, 0.3) is 0 Å². The molecule has 3 N–H and O–H groups in total. The Hall–Kier alpha value is -2.42. The molecule has 0 spiro atoms. The van der Waals surface area contributed by atoms with Gasteiger partial charge in [-0.15, -0.1) is 0 Å². The molecule has 0 radical (unpaired) electrons. The molecule has 2 aromatic rings. The zero-order valence-corrected chi connectivity index (χ0v) is 12.4. The van der Waals surface area contributed by atoms with E-state index in [1.165, 1.54) is 0 Å². The van der Waals surface area contributed by atoms with Crippen LogP contribution in [0.4, 0.5) is 0 Å². The van der Waals surface area contributed by atoms with Crippen molar-refractivity contribution >= 4 is 17.6 Å². The van der Waals surface area contributed by atoms with Gasteiger partial charge in [-0.3, -0.25) is 4.79 Å². The molecule has 112 valence electrons. The van der Waals surface area contributed by atoms with Crippen molar-refractivity contribution in [3.05, 3.63) is 52.7 Å². The molecule has 2 rings (SSSR count). The third-order valence-corrected chi connectivity index (χ3v) is 3.64. The van der Waals surface area contributed by atoms with Gasteiger partial charge in [-0.05, 0) is 36.4 Å². The predicted molar refractivity (Wildman–Crippen MR) is 83.4 cm³/mol. The van der Waals surface area contributed by atoms with Gasteiger partial charge < -0.3 is 10.8 Å². The van der Waals surface area contributed by atoms with Gasteiger partial charge in [0.2, 0.25) is 0 Å². The fourth-order valence-corrected chi connectivity index (χ4v) is 2.40. The third kappa shape index (κ3) is 3.61. The van der Waals surface area contributed by atoms with Crippen LogP contribution in [-0.2, 0) is 4.79 Å². The summed E-state index contributed by atoms with van der Waals surface area (Å²) in [6, 6.07) is 12.3. The Morgan fingerprint density at radius 1 is 1.41 bits per heavy atom. The zero-order chi connectivity index (χ0) is 16.1. The number of aromatic nitrogens is 1. The van der Waals surface area contributed by atoms with E-state index >= 15 is 0 Å². The zero-order valence-electron chi connectivity index (χ0n) is 11.7. The van der Waals surface area contributed by atoms with Gasteiger partial charge in [-0.2, -0.15) is 5.26 Å². The van der Waals surface area contributed by atoms with E-state index in [9.17, 15) is 4.79 Å². The molecule has 1 atom stereocenters. The van der Waals surface area contributed by atoms with Crippen molar-refractivity contribution < 1.29 is 9.90 Å². The van der Waals surface area contributed by atoms with Crippen molar-refractivity contribution in [3.63, 3.8) is 0 Å². The summed E-state index contributed by atoms with van der Waals surface area (Å²) in [6.07, 6.45) is -0.0523. The molecule has 1 heterocycles. The number of rotatable bonds is 5. The highest BCUT2D eigenvalue weighted by Crippen LogP contribution is 2.31. The number of carboxylic acid groups (broad SMARTS) is 1. The number of halogens is 1. The maximum Gasteiger partial charge on any atom is 0.304 e. The Morgan fingerprint density at radius 2 is 2.18 bits per heavy atom. The largest absolute Gasteiger partial charge is 0.481 e. The summed E-state index contributed by atoms with van der Waals surface area (Å²) in [4.78, 5) is 15.1. The molecule has 6 heteroatoms. The minimum absolute atomic E-state index is 0.0523. The smallest absolute Gasteiger partial charge is 0.304 e. The van der Waals surface area contributed by atoms with Gasteiger partial charge in [0.15, 0.2) is 0 Å². The quantitative estimate of drug-likeness (QED) is 0.883. The van der Waals surface area contributed by atoms with Crippen LogP contribution in [0.15, 0.2) is 36.4 Å². The lowest BCUT2D eigenvalue weighted by Crippen LogP contribution is -2.16. The van der Waals surface area contributed by atoms with Crippen molar-refractivity contribution in [2.24, 2.45) is 5.73 Å². The van der Waals surface area contributed by atoms with Crippen molar-refractivity contribution in [2.45, 2.75) is 12.3 Å². The molecule has 1 aromatic heterocycles. The van der Waals surface area contributed by atoms with Gasteiger partial charge in [0.05, 0.1) is 12.1 Å².